The number of ether oxygens (including phenoxy) is 2. The Morgan fingerprint density at radius 2 is 2.06 bits per heavy atom. The minimum absolute atomic E-state index is 0.267. The SMILES string of the molecule is C=CC(OC(C1CO1)S(=O)(=O)O)c1ccccc1. The first-order valence-electron chi connectivity index (χ1n) is 5.43. The van der Waals surface area contributed by atoms with Crippen LogP contribution in [0, 0.1) is 0 Å². The monoisotopic (exact) mass is 270 g/mol. The van der Waals surface area contributed by atoms with E-state index in [2.05, 4.69) is 6.58 Å². The van der Waals surface area contributed by atoms with Crippen LogP contribution in [-0.2, 0) is 19.6 Å². The van der Waals surface area contributed by atoms with Crippen LogP contribution in [0.2, 0.25) is 0 Å². The van der Waals surface area contributed by atoms with E-state index in [0.717, 1.165) is 5.56 Å². The average Bonchev–Trinajstić information content (AvgIpc) is 3.14. The summed E-state index contributed by atoms with van der Waals surface area (Å²) in [5.74, 6) is 0. The molecule has 3 atom stereocenters. The van der Waals surface area contributed by atoms with Gasteiger partial charge in [0.2, 0.25) is 5.44 Å². The van der Waals surface area contributed by atoms with Crippen LogP contribution in [0.1, 0.15) is 11.7 Å². The minimum atomic E-state index is -4.31. The zero-order valence-electron chi connectivity index (χ0n) is 9.60. The Balaban J connectivity index is 2.17. The Bertz CT molecular complexity index is 507. The fourth-order valence-corrected chi connectivity index (χ4v) is 2.42. The predicted octanol–water partition coefficient (Wildman–Crippen LogP) is 1.54. The normalized spacial score (nSPS) is 22.2. The quantitative estimate of drug-likeness (QED) is 0.482. The maximum atomic E-state index is 11.2. The summed E-state index contributed by atoms with van der Waals surface area (Å²) < 4.78 is 41.8. The van der Waals surface area contributed by atoms with Gasteiger partial charge in [0, 0.05) is 0 Å². The molecule has 18 heavy (non-hydrogen) atoms. The van der Waals surface area contributed by atoms with E-state index in [4.69, 9.17) is 14.0 Å². The molecule has 1 aliphatic heterocycles. The molecule has 0 bridgehead atoms. The molecule has 3 unspecified atom stereocenters. The Morgan fingerprint density at radius 1 is 1.44 bits per heavy atom. The summed E-state index contributed by atoms with van der Waals surface area (Å²) in [5.41, 5.74) is -0.609. The van der Waals surface area contributed by atoms with Gasteiger partial charge in [-0.15, -0.1) is 6.58 Å². The lowest BCUT2D eigenvalue weighted by molar-refractivity contribution is 0.0385. The second-order valence-electron chi connectivity index (χ2n) is 3.96. The van der Waals surface area contributed by atoms with E-state index in [1.54, 1.807) is 12.1 Å². The average molecular weight is 270 g/mol. The van der Waals surface area contributed by atoms with Crippen molar-refractivity contribution in [1.82, 2.24) is 0 Å². The smallest absolute Gasteiger partial charge is 0.295 e. The number of benzene rings is 1. The summed E-state index contributed by atoms with van der Waals surface area (Å²) in [5, 5.41) is 0. The second-order valence-corrected chi connectivity index (χ2v) is 5.45. The van der Waals surface area contributed by atoms with Crippen LogP contribution in [0.5, 0.6) is 0 Å². The van der Waals surface area contributed by atoms with Crippen LogP contribution in [0.3, 0.4) is 0 Å². The molecule has 0 saturated carbocycles. The zero-order valence-corrected chi connectivity index (χ0v) is 10.4. The Kier molecular flexibility index (Phi) is 3.82. The van der Waals surface area contributed by atoms with Gasteiger partial charge in [-0.2, -0.15) is 8.42 Å². The highest BCUT2D eigenvalue weighted by Crippen LogP contribution is 2.28. The lowest BCUT2D eigenvalue weighted by Crippen LogP contribution is -2.30. The molecule has 1 fully saturated rings. The minimum Gasteiger partial charge on any atom is -0.369 e. The van der Waals surface area contributed by atoms with E-state index in [0.29, 0.717) is 0 Å². The van der Waals surface area contributed by atoms with Gasteiger partial charge >= 0.3 is 0 Å². The van der Waals surface area contributed by atoms with Crippen LogP contribution in [0.4, 0.5) is 0 Å². The molecule has 0 amide bonds. The van der Waals surface area contributed by atoms with Gasteiger partial charge in [-0.25, -0.2) is 0 Å². The van der Waals surface area contributed by atoms with Gasteiger partial charge in [-0.1, -0.05) is 36.4 Å². The largest absolute Gasteiger partial charge is 0.369 e. The summed E-state index contributed by atoms with van der Waals surface area (Å²) in [7, 11) is -4.31. The van der Waals surface area contributed by atoms with Crippen molar-refractivity contribution >= 4 is 10.1 Å². The molecule has 0 radical (unpaired) electrons. The highest BCUT2D eigenvalue weighted by molar-refractivity contribution is 7.86. The van der Waals surface area contributed by atoms with Gasteiger partial charge in [-0.05, 0) is 5.56 Å². The van der Waals surface area contributed by atoms with Crippen molar-refractivity contribution in [3.05, 3.63) is 48.6 Å². The molecule has 1 aromatic rings. The van der Waals surface area contributed by atoms with Gasteiger partial charge in [0.25, 0.3) is 10.1 Å². The fraction of sp³-hybridized carbons (Fsp3) is 0.333. The first-order valence-corrected chi connectivity index (χ1v) is 6.93. The third kappa shape index (κ3) is 3.17. The Labute approximate surface area is 106 Å². The van der Waals surface area contributed by atoms with Crippen molar-refractivity contribution in [2.45, 2.75) is 17.6 Å². The van der Waals surface area contributed by atoms with E-state index in [1.165, 1.54) is 6.08 Å². The number of hydrogen-bond donors (Lipinski definition) is 1. The molecule has 0 spiro atoms. The van der Waals surface area contributed by atoms with Crippen molar-refractivity contribution in [2.24, 2.45) is 0 Å². The van der Waals surface area contributed by atoms with Crippen LogP contribution in [-0.4, -0.2) is 31.1 Å². The third-order valence-corrected chi connectivity index (χ3v) is 3.58. The number of epoxide rings is 1. The zero-order chi connectivity index (χ0) is 13.2. The summed E-state index contributed by atoms with van der Waals surface area (Å²) in [6.45, 7) is 3.88. The third-order valence-electron chi connectivity index (χ3n) is 2.58. The van der Waals surface area contributed by atoms with E-state index in [9.17, 15) is 8.42 Å². The van der Waals surface area contributed by atoms with Crippen molar-refractivity contribution in [1.29, 1.82) is 0 Å². The molecule has 2 rings (SSSR count). The van der Waals surface area contributed by atoms with Gasteiger partial charge < -0.3 is 9.47 Å². The molecule has 1 aliphatic rings. The van der Waals surface area contributed by atoms with Crippen LogP contribution >= 0.6 is 0 Å². The van der Waals surface area contributed by atoms with E-state index in [1.807, 2.05) is 18.2 Å². The molecule has 1 aromatic carbocycles. The molecule has 98 valence electrons. The first-order chi connectivity index (χ1) is 8.52. The van der Waals surface area contributed by atoms with Crippen molar-refractivity contribution in [3.63, 3.8) is 0 Å². The molecule has 0 aliphatic carbocycles. The molecule has 1 saturated heterocycles. The highest BCUT2D eigenvalue weighted by Gasteiger charge is 2.43. The molecule has 1 heterocycles. The summed E-state index contributed by atoms with van der Waals surface area (Å²) in [6, 6.07) is 9.05. The predicted molar refractivity (Wildman–Crippen MR) is 65.5 cm³/mol. The standard InChI is InChI=1S/C12H14O5S/c1-2-10(9-6-4-3-5-7-9)17-12(11-8-16-11)18(13,14)15/h2-7,10-12H,1,8H2,(H,13,14,15). The van der Waals surface area contributed by atoms with Crippen molar-refractivity contribution in [2.75, 3.05) is 6.61 Å². The van der Waals surface area contributed by atoms with Gasteiger partial charge in [0.15, 0.2) is 0 Å². The fourth-order valence-electron chi connectivity index (χ4n) is 1.62. The number of rotatable bonds is 6. The molecular formula is C12H14O5S. The Morgan fingerprint density at radius 3 is 2.50 bits per heavy atom. The molecule has 5 nitrogen and oxygen atoms in total. The highest BCUT2D eigenvalue weighted by atomic mass is 32.2. The first kappa shape index (κ1) is 13.2. The lowest BCUT2D eigenvalue weighted by atomic mass is 10.1. The van der Waals surface area contributed by atoms with E-state index in [-0.39, 0.29) is 6.61 Å². The van der Waals surface area contributed by atoms with Crippen LogP contribution in [0.25, 0.3) is 0 Å². The summed E-state index contributed by atoms with van der Waals surface area (Å²) >= 11 is 0. The maximum Gasteiger partial charge on any atom is 0.295 e. The molecule has 1 N–H and O–H groups in total. The molecular weight excluding hydrogens is 256 g/mol. The van der Waals surface area contributed by atoms with Gasteiger partial charge in [-0.3, -0.25) is 4.55 Å². The van der Waals surface area contributed by atoms with Crippen molar-refractivity contribution < 1.29 is 22.4 Å². The van der Waals surface area contributed by atoms with Gasteiger partial charge in [0.1, 0.15) is 12.2 Å². The second kappa shape index (κ2) is 5.19. The van der Waals surface area contributed by atoms with Crippen LogP contribution < -0.4 is 0 Å². The van der Waals surface area contributed by atoms with Crippen molar-refractivity contribution in [3.8, 4) is 0 Å². The topological polar surface area (TPSA) is 76.1 Å². The lowest BCUT2D eigenvalue weighted by Gasteiger charge is -2.19. The molecule has 0 aromatic heterocycles. The van der Waals surface area contributed by atoms with Crippen LogP contribution in [0.15, 0.2) is 43.0 Å². The molecule has 6 heteroatoms. The number of hydrogen-bond acceptors (Lipinski definition) is 4. The van der Waals surface area contributed by atoms with E-state index >= 15 is 0 Å². The Hall–Kier alpha value is -1.21. The van der Waals surface area contributed by atoms with Gasteiger partial charge in [0.05, 0.1) is 6.61 Å². The maximum absolute atomic E-state index is 11.2. The van der Waals surface area contributed by atoms with E-state index < -0.39 is 27.8 Å². The summed E-state index contributed by atoms with van der Waals surface area (Å²) in [4.78, 5) is 0. The summed E-state index contributed by atoms with van der Waals surface area (Å²) in [6.07, 6.45) is 0.268.